The van der Waals surface area contributed by atoms with Crippen LogP contribution in [0.3, 0.4) is 0 Å². The van der Waals surface area contributed by atoms with Gasteiger partial charge in [0.15, 0.2) is 0 Å². The Kier molecular flexibility index (Phi) is 6.35. The molecule has 0 aromatic carbocycles. The van der Waals surface area contributed by atoms with Crippen molar-refractivity contribution in [1.29, 1.82) is 0 Å². The Morgan fingerprint density at radius 3 is 2.84 bits per heavy atom. The molecule has 0 aliphatic carbocycles. The van der Waals surface area contributed by atoms with E-state index in [-0.39, 0.29) is 12.5 Å². The van der Waals surface area contributed by atoms with Crippen molar-refractivity contribution < 1.29 is 19.4 Å². The molecule has 1 aliphatic rings. The summed E-state index contributed by atoms with van der Waals surface area (Å²) in [6.45, 7) is 4.69. The van der Waals surface area contributed by atoms with Gasteiger partial charge in [-0.05, 0) is 25.7 Å². The van der Waals surface area contributed by atoms with Crippen molar-refractivity contribution in [2.45, 2.75) is 37.8 Å². The number of hydrogen-bond donors (Lipinski definition) is 2. The number of hydrogen-bond acceptors (Lipinski definition) is 3. The smallest absolute Gasteiger partial charge is 0.326 e. The fourth-order valence-corrected chi connectivity index (χ4v) is 1.99. The summed E-state index contributed by atoms with van der Waals surface area (Å²) >= 11 is 0. The number of nitrogens with zero attached hydrogens (tertiary/aromatic N) is 1. The fraction of sp³-hybridized carbons (Fsp3) is 0.692. The van der Waals surface area contributed by atoms with Crippen molar-refractivity contribution in [2.75, 3.05) is 20.2 Å². The van der Waals surface area contributed by atoms with E-state index in [4.69, 9.17) is 9.84 Å². The molecule has 1 heterocycles. The van der Waals surface area contributed by atoms with Crippen LogP contribution in [0.1, 0.15) is 25.7 Å². The summed E-state index contributed by atoms with van der Waals surface area (Å²) in [6.07, 6.45) is 4.83. The van der Waals surface area contributed by atoms with Crippen LogP contribution in [0.15, 0.2) is 12.7 Å². The molecule has 6 heteroatoms. The van der Waals surface area contributed by atoms with Crippen molar-refractivity contribution in [3.05, 3.63) is 12.7 Å². The standard InChI is InChI=1S/C13H22N2O4/c1-3-6-11(12(16)17)14-13(18)15(2)9-10-7-4-5-8-19-10/h3,10-11H,1,4-9H2,2H3,(H,14,18)(H,16,17). The van der Waals surface area contributed by atoms with E-state index in [1.165, 1.54) is 11.0 Å². The second-order valence-corrected chi connectivity index (χ2v) is 4.73. The third-order valence-electron chi connectivity index (χ3n) is 3.10. The highest BCUT2D eigenvalue weighted by atomic mass is 16.5. The van der Waals surface area contributed by atoms with E-state index in [1.807, 2.05) is 0 Å². The number of carboxylic acids is 1. The first-order valence-corrected chi connectivity index (χ1v) is 6.51. The second kappa shape index (κ2) is 7.78. The minimum atomic E-state index is -1.06. The Morgan fingerprint density at radius 2 is 2.32 bits per heavy atom. The molecule has 1 aliphatic heterocycles. The zero-order chi connectivity index (χ0) is 14.3. The minimum absolute atomic E-state index is 0.0483. The van der Waals surface area contributed by atoms with E-state index in [2.05, 4.69) is 11.9 Å². The second-order valence-electron chi connectivity index (χ2n) is 4.73. The largest absolute Gasteiger partial charge is 0.480 e. The van der Waals surface area contributed by atoms with Crippen molar-refractivity contribution >= 4 is 12.0 Å². The number of nitrogens with one attached hydrogen (secondary N) is 1. The van der Waals surface area contributed by atoms with Crippen LogP contribution >= 0.6 is 0 Å². The van der Waals surface area contributed by atoms with Crippen LogP contribution in [-0.4, -0.2) is 54.4 Å². The number of urea groups is 1. The Balaban J connectivity index is 2.41. The Hall–Kier alpha value is -1.56. The molecule has 6 nitrogen and oxygen atoms in total. The van der Waals surface area contributed by atoms with Gasteiger partial charge in [-0.3, -0.25) is 0 Å². The lowest BCUT2D eigenvalue weighted by molar-refractivity contribution is -0.139. The fourth-order valence-electron chi connectivity index (χ4n) is 1.99. The van der Waals surface area contributed by atoms with Crippen LogP contribution in [0.2, 0.25) is 0 Å². The first-order valence-electron chi connectivity index (χ1n) is 6.51. The average molecular weight is 270 g/mol. The highest BCUT2D eigenvalue weighted by molar-refractivity contribution is 5.82. The highest BCUT2D eigenvalue weighted by Gasteiger charge is 2.23. The lowest BCUT2D eigenvalue weighted by atomic mass is 10.1. The van der Waals surface area contributed by atoms with Crippen molar-refractivity contribution in [3.63, 3.8) is 0 Å². The van der Waals surface area contributed by atoms with Gasteiger partial charge in [-0.2, -0.15) is 0 Å². The molecule has 1 fully saturated rings. The molecule has 0 bridgehead atoms. The van der Waals surface area contributed by atoms with Crippen LogP contribution in [0.4, 0.5) is 4.79 Å². The molecule has 108 valence electrons. The summed E-state index contributed by atoms with van der Waals surface area (Å²) in [7, 11) is 1.64. The van der Waals surface area contributed by atoms with Gasteiger partial charge < -0.3 is 20.1 Å². The van der Waals surface area contributed by atoms with E-state index >= 15 is 0 Å². The summed E-state index contributed by atoms with van der Waals surface area (Å²) in [5, 5.41) is 11.4. The average Bonchev–Trinajstić information content (AvgIpc) is 2.39. The van der Waals surface area contributed by atoms with E-state index < -0.39 is 18.0 Å². The number of ether oxygens (including phenoxy) is 1. The zero-order valence-corrected chi connectivity index (χ0v) is 11.3. The van der Waals surface area contributed by atoms with Gasteiger partial charge in [-0.1, -0.05) is 6.08 Å². The predicted molar refractivity (Wildman–Crippen MR) is 71.0 cm³/mol. The summed E-state index contributed by atoms with van der Waals surface area (Å²) < 4.78 is 5.54. The molecule has 1 rings (SSSR count). The lowest BCUT2D eigenvalue weighted by Gasteiger charge is -2.28. The molecule has 0 aromatic rings. The van der Waals surface area contributed by atoms with E-state index in [1.54, 1.807) is 7.05 Å². The zero-order valence-electron chi connectivity index (χ0n) is 11.3. The molecule has 2 unspecified atom stereocenters. The summed E-state index contributed by atoms with van der Waals surface area (Å²) in [4.78, 5) is 24.3. The number of carbonyl (C=O) groups excluding carboxylic acids is 1. The highest BCUT2D eigenvalue weighted by Crippen LogP contribution is 2.13. The quantitative estimate of drug-likeness (QED) is 0.711. The number of aliphatic carboxylic acids is 1. The normalized spacial score (nSPS) is 20.4. The number of likely N-dealkylation sites (N-methyl/N-ethyl adjacent to an activating group) is 1. The van der Waals surface area contributed by atoms with Gasteiger partial charge in [-0.25, -0.2) is 9.59 Å². The van der Waals surface area contributed by atoms with Crippen LogP contribution in [0, 0.1) is 0 Å². The van der Waals surface area contributed by atoms with Gasteiger partial charge in [0.25, 0.3) is 0 Å². The Bertz CT molecular complexity index is 327. The van der Waals surface area contributed by atoms with Gasteiger partial charge in [0.2, 0.25) is 0 Å². The molecule has 2 atom stereocenters. The maximum Gasteiger partial charge on any atom is 0.326 e. The van der Waals surface area contributed by atoms with Crippen LogP contribution in [-0.2, 0) is 9.53 Å². The molecule has 1 saturated heterocycles. The maximum atomic E-state index is 11.9. The van der Waals surface area contributed by atoms with Gasteiger partial charge >= 0.3 is 12.0 Å². The summed E-state index contributed by atoms with van der Waals surface area (Å²) in [5.74, 6) is -1.06. The lowest BCUT2D eigenvalue weighted by Crippen LogP contribution is -2.48. The number of carbonyl (C=O) groups is 2. The first kappa shape index (κ1) is 15.5. The van der Waals surface area contributed by atoms with E-state index in [0.29, 0.717) is 6.54 Å². The molecular weight excluding hydrogens is 248 g/mol. The topological polar surface area (TPSA) is 78.9 Å². The first-order chi connectivity index (χ1) is 9.04. The molecule has 2 N–H and O–H groups in total. The van der Waals surface area contributed by atoms with Crippen LogP contribution in [0.25, 0.3) is 0 Å². The third-order valence-corrected chi connectivity index (χ3v) is 3.10. The minimum Gasteiger partial charge on any atom is -0.480 e. The molecule has 2 amide bonds. The van der Waals surface area contributed by atoms with E-state index in [0.717, 1.165) is 25.9 Å². The van der Waals surface area contributed by atoms with Crippen LogP contribution < -0.4 is 5.32 Å². The molecule has 0 spiro atoms. The van der Waals surface area contributed by atoms with Gasteiger partial charge in [0, 0.05) is 20.2 Å². The Labute approximate surface area is 113 Å². The number of carboxylic acid groups (broad SMARTS) is 1. The Morgan fingerprint density at radius 1 is 1.58 bits per heavy atom. The molecule has 0 aromatic heterocycles. The summed E-state index contributed by atoms with van der Waals surface area (Å²) in [6, 6.07) is -1.33. The van der Waals surface area contributed by atoms with Gasteiger partial charge in [0.05, 0.1) is 6.10 Å². The third kappa shape index (κ3) is 5.30. The van der Waals surface area contributed by atoms with Gasteiger partial charge in [0.1, 0.15) is 6.04 Å². The maximum absolute atomic E-state index is 11.9. The molecular formula is C13H22N2O4. The van der Waals surface area contributed by atoms with Crippen molar-refractivity contribution in [3.8, 4) is 0 Å². The molecule has 19 heavy (non-hydrogen) atoms. The number of rotatable bonds is 6. The molecule has 0 radical (unpaired) electrons. The molecule has 0 saturated carbocycles. The van der Waals surface area contributed by atoms with E-state index in [9.17, 15) is 9.59 Å². The van der Waals surface area contributed by atoms with Crippen LogP contribution in [0.5, 0.6) is 0 Å². The summed E-state index contributed by atoms with van der Waals surface area (Å²) in [5.41, 5.74) is 0. The van der Waals surface area contributed by atoms with Crippen molar-refractivity contribution in [1.82, 2.24) is 10.2 Å². The predicted octanol–water partition coefficient (Wildman–Crippen LogP) is 1.23. The number of amides is 2. The van der Waals surface area contributed by atoms with Crippen molar-refractivity contribution in [2.24, 2.45) is 0 Å². The monoisotopic (exact) mass is 270 g/mol. The SMILES string of the molecule is C=CCC(NC(=O)N(C)CC1CCCCO1)C(=O)O. The van der Waals surface area contributed by atoms with Gasteiger partial charge in [-0.15, -0.1) is 6.58 Å².